The number of benzene rings is 2. The molecule has 4 N–H and O–H groups in total. The zero-order valence-corrected chi connectivity index (χ0v) is 13.3. The number of hydrogen-bond acceptors (Lipinski definition) is 2. The summed E-state index contributed by atoms with van der Waals surface area (Å²) in [5.74, 6) is -0.132. The highest BCUT2D eigenvalue weighted by molar-refractivity contribution is 5.94. The van der Waals surface area contributed by atoms with Crippen molar-refractivity contribution >= 4 is 11.9 Å². The van der Waals surface area contributed by atoms with E-state index >= 15 is 0 Å². The first-order valence-corrected chi connectivity index (χ1v) is 7.45. The summed E-state index contributed by atoms with van der Waals surface area (Å²) in [5.41, 5.74) is 8.73. The van der Waals surface area contributed by atoms with Gasteiger partial charge in [0, 0.05) is 12.1 Å². The predicted octanol–water partition coefficient (Wildman–Crippen LogP) is 2.65. The SMILES string of the molecule is Cc1ccc(C(C)NC(=O)c2ccc(CNC(N)=O)cc2)cc1. The Morgan fingerprint density at radius 3 is 2.22 bits per heavy atom. The van der Waals surface area contributed by atoms with Crippen molar-refractivity contribution in [2.24, 2.45) is 5.73 Å². The second-order valence-electron chi connectivity index (χ2n) is 5.52. The van der Waals surface area contributed by atoms with Crippen LogP contribution in [0.3, 0.4) is 0 Å². The van der Waals surface area contributed by atoms with Gasteiger partial charge in [-0.2, -0.15) is 0 Å². The van der Waals surface area contributed by atoms with Crippen LogP contribution in [-0.4, -0.2) is 11.9 Å². The van der Waals surface area contributed by atoms with E-state index in [1.165, 1.54) is 5.56 Å². The number of primary amides is 1. The van der Waals surface area contributed by atoms with Crippen LogP contribution in [-0.2, 0) is 6.54 Å². The summed E-state index contributed by atoms with van der Waals surface area (Å²) in [7, 11) is 0. The van der Waals surface area contributed by atoms with E-state index in [1.807, 2.05) is 38.1 Å². The van der Waals surface area contributed by atoms with Crippen molar-refractivity contribution in [1.29, 1.82) is 0 Å². The van der Waals surface area contributed by atoms with Gasteiger partial charge >= 0.3 is 6.03 Å². The first-order valence-electron chi connectivity index (χ1n) is 7.45. The van der Waals surface area contributed by atoms with Crippen molar-refractivity contribution < 1.29 is 9.59 Å². The quantitative estimate of drug-likeness (QED) is 0.793. The van der Waals surface area contributed by atoms with Gasteiger partial charge in [-0.05, 0) is 37.1 Å². The molecule has 2 rings (SSSR count). The van der Waals surface area contributed by atoms with Crippen LogP contribution in [0.15, 0.2) is 48.5 Å². The standard InChI is InChI=1S/C18H21N3O2/c1-12-3-7-15(8-4-12)13(2)21-17(22)16-9-5-14(6-10-16)11-20-18(19)23/h3-10,13H,11H2,1-2H3,(H,21,22)(H3,19,20,23). The van der Waals surface area contributed by atoms with E-state index < -0.39 is 6.03 Å². The Labute approximate surface area is 135 Å². The smallest absolute Gasteiger partial charge is 0.312 e. The minimum atomic E-state index is -0.571. The van der Waals surface area contributed by atoms with Crippen molar-refractivity contribution in [1.82, 2.24) is 10.6 Å². The highest BCUT2D eigenvalue weighted by atomic mass is 16.2. The number of nitrogens with one attached hydrogen (secondary N) is 2. The zero-order chi connectivity index (χ0) is 16.8. The summed E-state index contributed by atoms with van der Waals surface area (Å²) < 4.78 is 0. The molecule has 0 saturated heterocycles. The minimum absolute atomic E-state index is 0.0701. The molecular formula is C18H21N3O2. The van der Waals surface area contributed by atoms with Gasteiger partial charge in [-0.25, -0.2) is 4.79 Å². The fraction of sp³-hybridized carbons (Fsp3) is 0.222. The van der Waals surface area contributed by atoms with Gasteiger partial charge in [-0.1, -0.05) is 42.0 Å². The second kappa shape index (κ2) is 7.45. The molecule has 0 aromatic heterocycles. The molecule has 23 heavy (non-hydrogen) atoms. The lowest BCUT2D eigenvalue weighted by Crippen LogP contribution is -2.28. The van der Waals surface area contributed by atoms with Crippen LogP contribution >= 0.6 is 0 Å². The number of hydrogen-bond donors (Lipinski definition) is 3. The molecule has 1 atom stereocenters. The molecule has 5 heteroatoms. The Morgan fingerprint density at radius 2 is 1.65 bits per heavy atom. The van der Waals surface area contributed by atoms with Gasteiger partial charge in [-0.3, -0.25) is 4.79 Å². The molecule has 2 aromatic carbocycles. The van der Waals surface area contributed by atoms with Gasteiger partial charge in [0.1, 0.15) is 0 Å². The van der Waals surface area contributed by atoms with E-state index in [4.69, 9.17) is 5.73 Å². The molecule has 0 aliphatic rings. The lowest BCUT2D eigenvalue weighted by Gasteiger charge is -2.15. The molecule has 2 aromatic rings. The number of nitrogens with two attached hydrogens (primary N) is 1. The first kappa shape index (κ1) is 16.5. The van der Waals surface area contributed by atoms with E-state index in [0.717, 1.165) is 11.1 Å². The summed E-state index contributed by atoms with van der Waals surface area (Å²) >= 11 is 0. The lowest BCUT2D eigenvalue weighted by molar-refractivity contribution is 0.0940. The Kier molecular flexibility index (Phi) is 5.36. The van der Waals surface area contributed by atoms with Gasteiger partial charge < -0.3 is 16.4 Å². The van der Waals surface area contributed by atoms with Crippen molar-refractivity contribution in [3.8, 4) is 0 Å². The maximum atomic E-state index is 12.3. The average molecular weight is 311 g/mol. The second-order valence-corrected chi connectivity index (χ2v) is 5.52. The van der Waals surface area contributed by atoms with Crippen LogP contribution in [0.2, 0.25) is 0 Å². The Morgan fingerprint density at radius 1 is 1.04 bits per heavy atom. The number of aryl methyl sites for hydroxylation is 1. The molecule has 3 amide bonds. The molecule has 0 heterocycles. The van der Waals surface area contributed by atoms with Crippen molar-refractivity contribution in [2.75, 3.05) is 0 Å². The van der Waals surface area contributed by atoms with Crippen molar-refractivity contribution in [3.63, 3.8) is 0 Å². The van der Waals surface area contributed by atoms with Gasteiger partial charge in [-0.15, -0.1) is 0 Å². The molecule has 1 unspecified atom stereocenters. The molecule has 0 fully saturated rings. The Hall–Kier alpha value is -2.82. The average Bonchev–Trinajstić information content (AvgIpc) is 2.54. The first-order chi connectivity index (χ1) is 11.0. The van der Waals surface area contributed by atoms with Crippen LogP contribution in [0, 0.1) is 6.92 Å². The van der Waals surface area contributed by atoms with Crippen LogP contribution in [0.4, 0.5) is 4.79 Å². The highest BCUT2D eigenvalue weighted by Gasteiger charge is 2.11. The normalized spacial score (nSPS) is 11.6. The fourth-order valence-electron chi connectivity index (χ4n) is 2.18. The number of carbonyl (C=O) groups is 2. The van der Waals surface area contributed by atoms with E-state index in [9.17, 15) is 9.59 Å². The van der Waals surface area contributed by atoms with E-state index in [0.29, 0.717) is 12.1 Å². The summed E-state index contributed by atoms with van der Waals surface area (Å²) in [4.78, 5) is 22.9. The van der Waals surface area contributed by atoms with Crippen LogP contribution in [0.25, 0.3) is 0 Å². The van der Waals surface area contributed by atoms with Crippen LogP contribution in [0.1, 0.15) is 40.0 Å². The largest absolute Gasteiger partial charge is 0.352 e. The third-order valence-corrected chi connectivity index (χ3v) is 3.61. The minimum Gasteiger partial charge on any atom is -0.352 e. The summed E-state index contributed by atoms with van der Waals surface area (Å²) in [6.07, 6.45) is 0. The number of carbonyl (C=O) groups excluding carboxylic acids is 2. The zero-order valence-electron chi connectivity index (χ0n) is 13.3. The summed E-state index contributed by atoms with van der Waals surface area (Å²) in [6, 6.07) is 14.5. The topological polar surface area (TPSA) is 84.2 Å². The molecule has 120 valence electrons. The Bertz CT molecular complexity index is 678. The molecule has 0 aliphatic carbocycles. The molecule has 0 saturated carbocycles. The molecular weight excluding hydrogens is 290 g/mol. The van der Waals surface area contributed by atoms with Crippen molar-refractivity contribution in [3.05, 3.63) is 70.8 Å². The van der Waals surface area contributed by atoms with E-state index in [2.05, 4.69) is 10.6 Å². The maximum absolute atomic E-state index is 12.3. The van der Waals surface area contributed by atoms with Crippen LogP contribution in [0.5, 0.6) is 0 Å². The number of urea groups is 1. The highest BCUT2D eigenvalue weighted by Crippen LogP contribution is 2.14. The van der Waals surface area contributed by atoms with Gasteiger partial charge in [0.15, 0.2) is 0 Å². The molecule has 0 radical (unpaired) electrons. The monoisotopic (exact) mass is 311 g/mol. The van der Waals surface area contributed by atoms with E-state index in [-0.39, 0.29) is 11.9 Å². The van der Waals surface area contributed by atoms with Gasteiger partial charge in [0.25, 0.3) is 5.91 Å². The maximum Gasteiger partial charge on any atom is 0.312 e. The van der Waals surface area contributed by atoms with Crippen LogP contribution < -0.4 is 16.4 Å². The molecule has 0 bridgehead atoms. The fourth-order valence-corrected chi connectivity index (χ4v) is 2.18. The number of amides is 3. The lowest BCUT2D eigenvalue weighted by atomic mass is 10.1. The third-order valence-electron chi connectivity index (χ3n) is 3.61. The number of rotatable bonds is 5. The summed E-state index contributed by atoms with van der Waals surface area (Å²) in [6.45, 7) is 4.33. The molecule has 5 nitrogen and oxygen atoms in total. The third kappa shape index (κ3) is 4.85. The Balaban J connectivity index is 1.97. The van der Waals surface area contributed by atoms with Gasteiger partial charge in [0.05, 0.1) is 6.04 Å². The van der Waals surface area contributed by atoms with Crippen molar-refractivity contribution in [2.45, 2.75) is 26.4 Å². The summed E-state index contributed by atoms with van der Waals surface area (Å²) in [5, 5.41) is 5.48. The molecule has 0 spiro atoms. The van der Waals surface area contributed by atoms with E-state index in [1.54, 1.807) is 24.3 Å². The molecule has 0 aliphatic heterocycles. The van der Waals surface area contributed by atoms with Gasteiger partial charge in [0.2, 0.25) is 0 Å². The predicted molar refractivity (Wildman–Crippen MR) is 89.9 cm³/mol.